The van der Waals surface area contributed by atoms with Gasteiger partial charge >= 0.3 is 0 Å². The Balaban J connectivity index is 1.19. The summed E-state index contributed by atoms with van der Waals surface area (Å²) < 4.78 is 2.82. The Morgan fingerprint density at radius 2 is 1.94 bits per heavy atom. The predicted octanol–water partition coefficient (Wildman–Crippen LogP) is 3.01. The van der Waals surface area contributed by atoms with Crippen molar-refractivity contribution < 1.29 is 4.79 Å². The van der Waals surface area contributed by atoms with Crippen molar-refractivity contribution in [3.05, 3.63) is 41.7 Å². The van der Waals surface area contributed by atoms with Crippen molar-refractivity contribution in [1.82, 2.24) is 29.5 Å². The minimum absolute atomic E-state index is 0.124. The maximum atomic E-state index is 12.8. The highest BCUT2D eigenvalue weighted by molar-refractivity contribution is 7.99. The highest BCUT2D eigenvalue weighted by atomic mass is 32.2. The maximum Gasteiger partial charge on any atom is 0.233 e. The van der Waals surface area contributed by atoms with Gasteiger partial charge in [-0.25, -0.2) is 4.98 Å². The van der Waals surface area contributed by atoms with Gasteiger partial charge in [-0.2, -0.15) is 4.98 Å². The number of thiazole rings is 1. The molecule has 0 bridgehead atoms. The summed E-state index contributed by atoms with van der Waals surface area (Å²) >= 11 is 3.03. The van der Waals surface area contributed by atoms with E-state index in [-0.39, 0.29) is 5.91 Å². The number of carbonyl (C=O) groups is 1. The van der Waals surface area contributed by atoms with Crippen LogP contribution in [-0.4, -0.2) is 60.8 Å². The number of nitrogens with zero attached hydrogens (tertiary/aromatic N) is 7. The normalized spacial score (nSPS) is 16.4. The van der Waals surface area contributed by atoms with Crippen LogP contribution in [-0.2, 0) is 17.8 Å². The Hall–Kier alpha value is -2.72. The molecule has 3 aromatic heterocycles. The summed E-state index contributed by atoms with van der Waals surface area (Å²) in [6.45, 7) is 3.54. The summed E-state index contributed by atoms with van der Waals surface area (Å²) in [5.74, 6) is 0.460. The van der Waals surface area contributed by atoms with Gasteiger partial charge in [-0.1, -0.05) is 47.4 Å². The molecule has 0 radical (unpaired) electrons. The molecule has 2 aliphatic heterocycles. The van der Waals surface area contributed by atoms with Crippen molar-refractivity contribution in [1.29, 1.82) is 0 Å². The molecule has 0 N–H and O–H groups in total. The average Bonchev–Trinajstić information content (AvgIpc) is 3.55. The zero-order valence-corrected chi connectivity index (χ0v) is 18.5. The van der Waals surface area contributed by atoms with Crippen LogP contribution in [0.25, 0.3) is 16.0 Å². The zero-order valence-electron chi connectivity index (χ0n) is 16.9. The standard InChI is InChI=1S/C21H21N7OS2/c29-16(27-10-7-14-5-1-2-6-15(14)11-27)12-30-21-25-24-19-17-18(22-13-28(19)21)23-20(31-17)26-8-3-4-9-26/h1-2,5-6,13H,3-4,7-12H2. The molecule has 1 saturated heterocycles. The van der Waals surface area contributed by atoms with Gasteiger partial charge in [-0.05, 0) is 30.4 Å². The number of benzene rings is 1. The van der Waals surface area contributed by atoms with E-state index in [9.17, 15) is 4.79 Å². The number of anilines is 1. The van der Waals surface area contributed by atoms with E-state index in [0.717, 1.165) is 41.5 Å². The molecule has 8 nitrogen and oxygen atoms in total. The number of hydrogen-bond donors (Lipinski definition) is 0. The number of amides is 1. The maximum absolute atomic E-state index is 12.8. The van der Waals surface area contributed by atoms with Gasteiger partial charge < -0.3 is 9.80 Å². The van der Waals surface area contributed by atoms with Crippen LogP contribution < -0.4 is 4.90 Å². The van der Waals surface area contributed by atoms with Gasteiger partial charge in [-0.3, -0.25) is 9.20 Å². The van der Waals surface area contributed by atoms with Crippen molar-refractivity contribution in [2.75, 3.05) is 30.3 Å². The largest absolute Gasteiger partial charge is 0.348 e. The first kappa shape index (κ1) is 19.0. The van der Waals surface area contributed by atoms with Crippen molar-refractivity contribution >= 4 is 50.1 Å². The van der Waals surface area contributed by atoms with Crippen LogP contribution >= 0.6 is 23.1 Å². The molecule has 1 amide bonds. The minimum atomic E-state index is 0.124. The third kappa shape index (κ3) is 3.43. The lowest BCUT2D eigenvalue weighted by Gasteiger charge is -2.28. The van der Waals surface area contributed by atoms with Gasteiger partial charge in [0.2, 0.25) is 5.91 Å². The van der Waals surface area contributed by atoms with Crippen LogP contribution in [0.5, 0.6) is 0 Å². The molecule has 0 saturated carbocycles. The Kier molecular flexibility index (Phi) is 4.76. The number of fused-ring (bicyclic) bond motifs is 4. The fourth-order valence-electron chi connectivity index (χ4n) is 4.25. The van der Waals surface area contributed by atoms with Crippen molar-refractivity contribution in [2.24, 2.45) is 0 Å². The summed E-state index contributed by atoms with van der Waals surface area (Å²) in [5.41, 5.74) is 4.06. The molecule has 0 atom stereocenters. The number of rotatable bonds is 4. The molecule has 0 unspecified atom stereocenters. The summed E-state index contributed by atoms with van der Waals surface area (Å²) in [4.78, 5) is 26.3. The van der Waals surface area contributed by atoms with E-state index < -0.39 is 0 Å². The lowest BCUT2D eigenvalue weighted by atomic mass is 10.00. The summed E-state index contributed by atoms with van der Waals surface area (Å²) in [5, 5.41) is 10.4. The Labute approximate surface area is 187 Å². The van der Waals surface area contributed by atoms with E-state index in [1.807, 2.05) is 15.4 Å². The van der Waals surface area contributed by atoms with E-state index in [2.05, 4.69) is 38.3 Å². The molecule has 1 fully saturated rings. The molecule has 10 heteroatoms. The number of carbonyl (C=O) groups excluding carboxylic acids is 1. The van der Waals surface area contributed by atoms with Gasteiger partial charge in [0.15, 0.2) is 21.6 Å². The summed E-state index contributed by atoms with van der Waals surface area (Å²) in [6.07, 6.45) is 5.05. The van der Waals surface area contributed by atoms with E-state index in [1.54, 1.807) is 17.7 Å². The highest BCUT2D eigenvalue weighted by Crippen LogP contribution is 2.33. The molecule has 2 aliphatic rings. The Morgan fingerprint density at radius 1 is 1.10 bits per heavy atom. The summed E-state index contributed by atoms with van der Waals surface area (Å²) in [6, 6.07) is 8.35. The second-order valence-electron chi connectivity index (χ2n) is 7.89. The molecule has 31 heavy (non-hydrogen) atoms. The summed E-state index contributed by atoms with van der Waals surface area (Å²) in [7, 11) is 0. The topological polar surface area (TPSA) is 79.5 Å². The first-order valence-electron chi connectivity index (χ1n) is 10.5. The smallest absolute Gasteiger partial charge is 0.233 e. The van der Waals surface area contributed by atoms with Gasteiger partial charge in [0, 0.05) is 26.2 Å². The highest BCUT2D eigenvalue weighted by Gasteiger charge is 2.22. The Bertz CT molecular complexity index is 1280. The fraction of sp³-hybridized carbons (Fsp3) is 0.381. The molecule has 158 valence electrons. The fourth-order valence-corrected chi connectivity index (χ4v) is 6.10. The van der Waals surface area contributed by atoms with E-state index in [4.69, 9.17) is 4.98 Å². The molecule has 6 rings (SSSR count). The van der Waals surface area contributed by atoms with Gasteiger partial charge in [0.1, 0.15) is 11.0 Å². The first-order chi connectivity index (χ1) is 15.3. The van der Waals surface area contributed by atoms with Crippen LogP contribution in [0.2, 0.25) is 0 Å². The second kappa shape index (κ2) is 7.76. The van der Waals surface area contributed by atoms with E-state index in [0.29, 0.717) is 23.1 Å². The third-order valence-electron chi connectivity index (χ3n) is 5.95. The second-order valence-corrected chi connectivity index (χ2v) is 9.81. The van der Waals surface area contributed by atoms with Gasteiger partial charge in [0.05, 0.1) is 5.75 Å². The van der Waals surface area contributed by atoms with Crippen LogP contribution in [0, 0.1) is 0 Å². The van der Waals surface area contributed by atoms with Crippen LogP contribution in [0.1, 0.15) is 24.0 Å². The van der Waals surface area contributed by atoms with Crippen molar-refractivity contribution in [2.45, 2.75) is 31.0 Å². The zero-order chi connectivity index (χ0) is 20.8. The van der Waals surface area contributed by atoms with Gasteiger partial charge in [-0.15, -0.1) is 10.2 Å². The molecule has 4 aromatic rings. The number of aromatic nitrogens is 5. The Morgan fingerprint density at radius 3 is 2.81 bits per heavy atom. The van der Waals surface area contributed by atoms with Crippen molar-refractivity contribution in [3.8, 4) is 0 Å². The predicted molar refractivity (Wildman–Crippen MR) is 122 cm³/mol. The number of thioether (sulfide) groups is 1. The van der Waals surface area contributed by atoms with Crippen molar-refractivity contribution in [3.63, 3.8) is 0 Å². The van der Waals surface area contributed by atoms with Crippen LogP contribution in [0.4, 0.5) is 5.13 Å². The average molecular weight is 452 g/mol. The van der Waals surface area contributed by atoms with E-state index >= 15 is 0 Å². The molecular weight excluding hydrogens is 430 g/mol. The monoisotopic (exact) mass is 451 g/mol. The SMILES string of the molecule is O=C(CSc1nnc2c3sc(N4CCCC4)nc3ncn12)N1CCc2ccccc2C1. The lowest BCUT2D eigenvalue weighted by Crippen LogP contribution is -2.37. The van der Waals surface area contributed by atoms with E-state index in [1.165, 1.54) is 35.7 Å². The van der Waals surface area contributed by atoms with Gasteiger partial charge in [0.25, 0.3) is 0 Å². The quantitative estimate of drug-likeness (QED) is 0.441. The molecular formula is C21H21N7OS2. The molecule has 0 aliphatic carbocycles. The molecule has 0 spiro atoms. The molecule has 5 heterocycles. The van der Waals surface area contributed by atoms with Crippen LogP contribution in [0.3, 0.4) is 0 Å². The number of hydrogen-bond acceptors (Lipinski definition) is 8. The first-order valence-corrected chi connectivity index (χ1v) is 12.3. The molecule has 1 aromatic carbocycles. The third-order valence-corrected chi connectivity index (χ3v) is 7.97. The van der Waals surface area contributed by atoms with Crippen LogP contribution in [0.15, 0.2) is 35.7 Å². The lowest BCUT2D eigenvalue weighted by molar-refractivity contribution is -0.129. The minimum Gasteiger partial charge on any atom is -0.348 e.